The molecule has 1 aliphatic heterocycles. The topological polar surface area (TPSA) is 46.6 Å². The van der Waals surface area contributed by atoms with Gasteiger partial charge in [0.25, 0.3) is 0 Å². The van der Waals surface area contributed by atoms with Crippen LogP contribution in [0.15, 0.2) is 29.2 Å². The molecular weight excluding hydrogens is 238 g/mol. The second kappa shape index (κ2) is 3.71. The monoisotopic (exact) mass is 253 g/mol. The van der Waals surface area contributed by atoms with Crippen LogP contribution in [0, 0.1) is 11.8 Å². The summed E-state index contributed by atoms with van der Waals surface area (Å²) in [7, 11) is -1.72. The first-order valence-electron chi connectivity index (χ1n) is 5.75. The van der Waals surface area contributed by atoms with Gasteiger partial charge in [-0.2, -0.15) is 4.31 Å². The summed E-state index contributed by atoms with van der Waals surface area (Å²) in [6, 6.07) is 6.59. The van der Waals surface area contributed by atoms with Crippen LogP contribution < -0.4 is 4.74 Å². The summed E-state index contributed by atoms with van der Waals surface area (Å²) in [5.41, 5.74) is 0. The molecule has 1 heterocycles. The van der Waals surface area contributed by atoms with Crippen molar-refractivity contribution in [3.63, 3.8) is 0 Å². The molecule has 3 rings (SSSR count). The zero-order valence-corrected chi connectivity index (χ0v) is 10.5. The lowest BCUT2D eigenvalue weighted by Crippen LogP contribution is -2.30. The van der Waals surface area contributed by atoms with E-state index in [1.165, 1.54) is 6.42 Å². The van der Waals surface area contributed by atoms with Gasteiger partial charge in [0.05, 0.1) is 12.0 Å². The number of fused-ring (bicyclic) bond motifs is 1. The van der Waals surface area contributed by atoms with Crippen molar-refractivity contribution in [3.05, 3.63) is 24.3 Å². The molecule has 0 radical (unpaired) electrons. The molecule has 0 amide bonds. The second-order valence-corrected chi connectivity index (χ2v) is 6.69. The van der Waals surface area contributed by atoms with Crippen molar-refractivity contribution in [2.75, 3.05) is 20.2 Å². The van der Waals surface area contributed by atoms with E-state index in [2.05, 4.69) is 0 Å². The Morgan fingerprint density at radius 1 is 1.18 bits per heavy atom. The second-order valence-electron chi connectivity index (χ2n) is 4.75. The van der Waals surface area contributed by atoms with Crippen LogP contribution in [0.4, 0.5) is 0 Å². The molecule has 4 nitrogen and oxygen atoms in total. The highest BCUT2D eigenvalue weighted by molar-refractivity contribution is 7.89. The third-order valence-electron chi connectivity index (χ3n) is 3.64. The predicted molar refractivity (Wildman–Crippen MR) is 63.3 cm³/mol. The zero-order valence-electron chi connectivity index (χ0n) is 9.67. The Balaban J connectivity index is 1.85. The third-order valence-corrected chi connectivity index (χ3v) is 5.49. The molecule has 0 N–H and O–H groups in total. The number of piperidine rings is 1. The number of methoxy groups -OCH3 is 1. The fraction of sp³-hybridized carbons (Fsp3) is 0.500. The average molecular weight is 253 g/mol. The first-order chi connectivity index (χ1) is 8.11. The van der Waals surface area contributed by atoms with Gasteiger partial charge >= 0.3 is 0 Å². The number of nitrogens with zero attached hydrogens (tertiary/aromatic N) is 1. The molecule has 2 fully saturated rings. The molecule has 0 spiro atoms. The average Bonchev–Trinajstić information content (AvgIpc) is 2.96. The normalized spacial score (nSPS) is 27.8. The Bertz CT molecular complexity index is 513. The van der Waals surface area contributed by atoms with E-state index in [4.69, 9.17) is 4.74 Å². The zero-order chi connectivity index (χ0) is 12.0. The fourth-order valence-corrected chi connectivity index (χ4v) is 4.00. The summed E-state index contributed by atoms with van der Waals surface area (Å²) in [6.45, 7) is 1.39. The van der Waals surface area contributed by atoms with E-state index in [9.17, 15) is 8.42 Å². The molecular formula is C12H15NO3S. The highest BCUT2D eigenvalue weighted by atomic mass is 32.2. The first kappa shape index (κ1) is 11.0. The summed E-state index contributed by atoms with van der Waals surface area (Å²) in [5.74, 6) is 1.90. The minimum Gasteiger partial charge on any atom is -0.497 e. The maximum atomic E-state index is 12.3. The van der Waals surface area contributed by atoms with Gasteiger partial charge in [-0.05, 0) is 42.5 Å². The van der Waals surface area contributed by atoms with Gasteiger partial charge in [-0.1, -0.05) is 0 Å². The van der Waals surface area contributed by atoms with Crippen LogP contribution >= 0.6 is 0 Å². The van der Waals surface area contributed by atoms with Gasteiger partial charge in [-0.3, -0.25) is 0 Å². The lowest BCUT2D eigenvalue weighted by atomic mass is 10.3. The van der Waals surface area contributed by atoms with Crippen molar-refractivity contribution in [3.8, 4) is 5.75 Å². The Morgan fingerprint density at radius 2 is 1.76 bits per heavy atom. The van der Waals surface area contributed by atoms with Gasteiger partial charge in [0.2, 0.25) is 10.0 Å². The molecule has 1 aliphatic carbocycles. The smallest absolute Gasteiger partial charge is 0.243 e. The minimum absolute atomic E-state index is 0.361. The molecule has 1 saturated carbocycles. The summed E-state index contributed by atoms with van der Waals surface area (Å²) < 4.78 is 31.2. The summed E-state index contributed by atoms with van der Waals surface area (Å²) >= 11 is 0. The van der Waals surface area contributed by atoms with Gasteiger partial charge < -0.3 is 4.74 Å². The van der Waals surface area contributed by atoms with Crippen molar-refractivity contribution in [1.29, 1.82) is 0 Å². The molecule has 0 bridgehead atoms. The molecule has 1 aromatic rings. The molecule has 1 aromatic carbocycles. The van der Waals surface area contributed by atoms with E-state index in [1.54, 1.807) is 35.7 Å². The maximum absolute atomic E-state index is 12.3. The van der Waals surface area contributed by atoms with E-state index in [1.807, 2.05) is 0 Å². The number of benzene rings is 1. The van der Waals surface area contributed by atoms with Crippen molar-refractivity contribution >= 4 is 10.0 Å². The Hall–Kier alpha value is -1.07. The quantitative estimate of drug-likeness (QED) is 0.816. The molecule has 2 unspecified atom stereocenters. The van der Waals surface area contributed by atoms with Gasteiger partial charge in [0.15, 0.2) is 0 Å². The van der Waals surface area contributed by atoms with Crippen molar-refractivity contribution < 1.29 is 13.2 Å². The van der Waals surface area contributed by atoms with Crippen molar-refractivity contribution in [2.24, 2.45) is 11.8 Å². The molecule has 92 valence electrons. The maximum Gasteiger partial charge on any atom is 0.243 e. The Kier molecular flexibility index (Phi) is 2.41. The van der Waals surface area contributed by atoms with E-state index in [0.29, 0.717) is 35.6 Å². The largest absolute Gasteiger partial charge is 0.497 e. The van der Waals surface area contributed by atoms with Gasteiger partial charge in [-0.25, -0.2) is 8.42 Å². The van der Waals surface area contributed by atoms with Crippen LogP contribution in [-0.4, -0.2) is 32.9 Å². The molecule has 2 atom stereocenters. The Morgan fingerprint density at radius 3 is 2.29 bits per heavy atom. The lowest BCUT2D eigenvalue weighted by molar-refractivity contribution is 0.414. The predicted octanol–water partition coefficient (Wildman–Crippen LogP) is 1.34. The lowest BCUT2D eigenvalue weighted by Gasteiger charge is -2.17. The highest BCUT2D eigenvalue weighted by Crippen LogP contribution is 2.46. The summed E-state index contributed by atoms with van der Waals surface area (Å²) in [6.07, 6.45) is 1.20. The Labute approximate surface area is 101 Å². The summed E-state index contributed by atoms with van der Waals surface area (Å²) in [5, 5.41) is 0. The molecule has 2 aliphatic rings. The molecule has 5 heteroatoms. The van der Waals surface area contributed by atoms with Crippen LogP contribution in [0.1, 0.15) is 6.42 Å². The first-order valence-corrected chi connectivity index (χ1v) is 7.19. The van der Waals surface area contributed by atoms with Crippen molar-refractivity contribution in [2.45, 2.75) is 11.3 Å². The van der Waals surface area contributed by atoms with Crippen LogP contribution in [0.2, 0.25) is 0 Å². The van der Waals surface area contributed by atoms with Crippen LogP contribution in [0.3, 0.4) is 0 Å². The highest BCUT2D eigenvalue weighted by Gasteiger charge is 2.48. The van der Waals surface area contributed by atoms with Crippen molar-refractivity contribution in [1.82, 2.24) is 4.31 Å². The third kappa shape index (κ3) is 1.83. The van der Waals surface area contributed by atoms with E-state index >= 15 is 0 Å². The number of hydrogen-bond acceptors (Lipinski definition) is 3. The van der Waals surface area contributed by atoms with Crippen LogP contribution in [-0.2, 0) is 10.0 Å². The number of ether oxygens (including phenoxy) is 1. The SMILES string of the molecule is COc1ccc(S(=O)(=O)N2CC3CC3C2)cc1. The van der Waals surface area contributed by atoms with E-state index in [-0.39, 0.29) is 0 Å². The minimum atomic E-state index is -3.29. The number of hydrogen-bond donors (Lipinski definition) is 0. The van der Waals surface area contributed by atoms with Gasteiger partial charge in [0.1, 0.15) is 5.75 Å². The van der Waals surface area contributed by atoms with Crippen LogP contribution in [0.5, 0.6) is 5.75 Å². The molecule has 0 aromatic heterocycles. The standard InChI is InChI=1S/C12H15NO3S/c1-16-11-2-4-12(5-3-11)17(14,15)13-7-9-6-10(9)8-13/h2-5,9-10H,6-8H2,1H3. The van der Waals surface area contributed by atoms with Crippen LogP contribution in [0.25, 0.3) is 0 Å². The number of sulfonamides is 1. The van der Waals surface area contributed by atoms with Gasteiger partial charge in [-0.15, -0.1) is 0 Å². The number of rotatable bonds is 3. The molecule has 17 heavy (non-hydrogen) atoms. The fourth-order valence-electron chi connectivity index (χ4n) is 2.45. The summed E-state index contributed by atoms with van der Waals surface area (Å²) in [4.78, 5) is 0.361. The molecule has 1 saturated heterocycles. The van der Waals surface area contributed by atoms with Gasteiger partial charge in [0, 0.05) is 13.1 Å². The van der Waals surface area contributed by atoms with E-state index in [0.717, 1.165) is 0 Å². The van der Waals surface area contributed by atoms with E-state index < -0.39 is 10.0 Å².